The predicted molar refractivity (Wildman–Crippen MR) is 87.8 cm³/mol. The molecule has 3 aliphatic heterocycles. The predicted octanol–water partition coefficient (Wildman–Crippen LogP) is -2.63. The number of rotatable bonds is 3. The van der Waals surface area contributed by atoms with Gasteiger partial charge in [-0.1, -0.05) is 0 Å². The van der Waals surface area contributed by atoms with Gasteiger partial charge in [0, 0.05) is 31.9 Å². The van der Waals surface area contributed by atoms with E-state index < -0.39 is 12.1 Å². The second kappa shape index (κ2) is 6.56. The van der Waals surface area contributed by atoms with Crippen LogP contribution in [0.25, 0.3) is 0 Å². The smallest absolute Gasteiger partial charge is 0.242 e. The quantitative estimate of drug-likeness (QED) is 0.444. The van der Waals surface area contributed by atoms with Crippen LogP contribution in [0.3, 0.4) is 0 Å². The zero-order valence-corrected chi connectivity index (χ0v) is 14.1. The molecule has 3 saturated heterocycles. The van der Waals surface area contributed by atoms with Crippen molar-refractivity contribution in [3.05, 3.63) is 0 Å². The number of carbonyl (C=O) groups is 2. The molecule has 3 atom stereocenters. The Morgan fingerprint density at radius 2 is 1.96 bits per heavy atom. The molecule has 3 heterocycles. The number of nitrogens with zero attached hydrogens (tertiary/aromatic N) is 2. The van der Waals surface area contributed by atoms with Gasteiger partial charge in [-0.05, 0) is 6.92 Å². The molecule has 9 heteroatoms. The Bertz CT molecular complexity index is 477. The summed E-state index contributed by atoms with van der Waals surface area (Å²) in [5, 5.41) is 16.1. The lowest BCUT2D eigenvalue weighted by molar-refractivity contribution is -0.141. The molecule has 3 aliphatic rings. The standard InChI is InChI=1S/C14H25N5O3S/c1-9(20)11(15)13(22)19-7-14(8-19)17-10(6-23-14)12(21)18-4-2-16-3-5-18/h9-11,16-17,20H,2-8,15H2,1H3/t9-,10+,11+/m1/s1. The molecule has 2 amide bonds. The van der Waals surface area contributed by atoms with Crippen molar-refractivity contribution in [2.75, 3.05) is 45.0 Å². The van der Waals surface area contributed by atoms with Gasteiger partial charge in [0.1, 0.15) is 10.9 Å². The van der Waals surface area contributed by atoms with Gasteiger partial charge in [0.25, 0.3) is 0 Å². The fourth-order valence-electron chi connectivity index (χ4n) is 3.21. The second-order valence-corrected chi connectivity index (χ2v) is 7.94. The van der Waals surface area contributed by atoms with Crippen molar-refractivity contribution >= 4 is 23.6 Å². The van der Waals surface area contributed by atoms with Gasteiger partial charge in [0.15, 0.2) is 0 Å². The summed E-state index contributed by atoms with van der Waals surface area (Å²) in [5.74, 6) is 0.652. The molecule has 23 heavy (non-hydrogen) atoms. The number of likely N-dealkylation sites (tertiary alicyclic amines) is 1. The topological polar surface area (TPSA) is 111 Å². The monoisotopic (exact) mass is 343 g/mol. The largest absolute Gasteiger partial charge is 0.391 e. The molecule has 0 aromatic carbocycles. The van der Waals surface area contributed by atoms with Crippen LogP contribution >= 0.6 is 11.8 Å². The molecule has 3 fully saturated rings. The van der Waals surface area contributed by atoms with Crippen LogP contribution in [-0.4, -0.2) is 94.8 Å². The summed E-state index contributed by atoms with van der Waals surface area (Å²) < 4.78 is 0. The highest BCUT2D eigenvalue weighted by Gasteiger charge is 2.52. The van der Waals surface area contributed by atoms with Crippen LogP contribution in [0, 0.1) is 0 Å². The normalized spacial score (nSPS) is 29.3. The molecule has 0 aliphatic carbocycles. The van der Waals surface area contributed by atoms with Gasteiger partial charge < -0.3 is 26.0 Å². The molecule has 0 aromatic heterocycles. The van der Waals surface area contributed by atoms with Crippen LogP contribution in [0.5, 0.6) is 0 Å². The van der Waals surface area contributed by atoms with E-state index in [2.05, 4.69) is 10.6 Å². The van der Waals surface area contributed by atoms with E-state index in [4.69, 9.17) is 5.73 Å². The Morgan fingerprint density at radius 3 is 2.57 bits per heavy atom. The maximum Gasteiger partial charge on any atom is 0.242 e. The van der Waals surface area contributed by atoms with Crippen molar-refractivity contribution in [1.82, 2.24) is 20.4 Å². The molecule has 0 unspecified atom stereocenters. The number of aliphatic hydroxyl groups excluding tert-OH is 1. The van der Waals surface area contributed by atoms with Crippen molar-refractivity contribution in [2.45, 2.75) is 30.0 Å². The van der Waals surface area contributed by atoms with E-state index in [0.717, 1.165) is 31.9 Å². The van der Waals surface area contributed by atoms with E-state index in [1.807, 2.05) is 4.90 Å². The molecule has 0 aromatic rings. The second-order valence-electron chi connectivity index (χ2n) is 6.54. The Balaban J connectivity index is 1.51. The summed E-state index contributed by atoms with van der Waals surface area (Å²) in [6.07, 6.45) is -0.856. The fourth-order valence-corrected chi connectivity index (χ4v) is 4.64. The van der Waals surface area contributed by atoms with Crippen molar-refractivity contribution < 1.29 is 14.7 Å². The van der Waals surface area contributed by atoms with Gasteiger partial charge >= 0.3 is 0 Å². The third-order valence-corrected chi connectivity index (χ3v) is 6.13. The number of aliphatic hydroxyl groups is 1. The van der Waals surface area contributed by atoms with Crippen LogP contribution < -0.4 is 16.4 Å². The van der Waals surface area contributed by atoms with Gasteiger partial charge in [-0.3, -0.25) is 14.9 Å². The molecule has 0 radical (unpaired) electrons. The molecule has 130 valence electrons. The molecular weight excluding hydrogens is 318 g/mol. The van der Waals surface area contributed by atoms with Crippen LogP contribution in [0.15, 0.2) is 0 Å². The number of amides is 2. The van der Waals surface area contributed by atoms with E-state index in [0.29, 0.717) is 13.1 Å². The van der Waals surface area contributed by atoms with E-state index in [-0.39, 0.29) is 22.7 Å². The van der Waals surface area contributed by atoms with Gasteiger partial charge in [-0.15, -0.1) is 11.8 Å². The third kappa shape index (κ3) is 3.34. The molecule has 8 nitrogen and oxygen atoms in total. The number of thioether (sulfide) groups is 1. The van der Waals surface area contributed by atoms with Gasteiger partial charge in [-0.2, -0.15) is 0 Å². The van der Waals surface area contributed by atoms with Gasteiger partial charge in [0.2, 0.25) is 11.8 Å². The summed E-state index contributed by atoms with van der Waals surface area (Å²) >= 11 is 1.70. The Hall–Kier alpha value is -0.870. The maximum absolute atomic E-state index is 12.5. The summed E-state index contributed by atoms with van der Waals surface area (Å²) in [5.41, 5.74) is 5.70. The molecule has 5 N–H and O–H groups in total. The fraction of sp³-hybridized carbons (Fsp3) is 0.857. The minimum Gasteiger partial charge on any atom is -0.391 e. The van der Waals surface area contributed by atoms with E-state index in [9.17, 15) is 14.7 Å². The van der Waals surface area contributed by atoms with Crippen LogP contribution in [0.4, 0.5) is 0 Å². The number of nitrogens with one attached hydrogen (secondary N) is 2. The van der Waals surface area contributed by atoms with Crippen molar-refractivity contribution in [2.24, 2.45) is 5.73 Å². The number of hydrogen-bond donors (Lipinski definition) is 4. The zero-order valence-electron chi connectivity index (χ0n) is 13.3. The number of carbonyl (C=O) groups excluding carboxylic acids is 2. The van der Waals surface area contributed by atoms with Crippen LogP contribution in [-0.2, 0) is 9.59 Å². The lowest BCUT2D eigenvalue weighted by atomic mass is 10.0. The van der Waals surface area contributed by atoms with Crippen molar-refractivity contribution in [1.29, 1.82) is 0 Å². The molecule has 1 spiro atoms. The average Bonchev–Trinajstić information content (AvgIpc) is 2.97. The molecule has 0 saturated carbocycles. The maximum atomic E-state index is 12.5. The van der Waals surface area contributed by atoms with Gasteiger partial charge in [0.05, 0.1) is 25.2 Å². The summed E-state index contributed by atoms with van der Waals surface area (Å²) in [6, 6.07) is -1.06. The summed E-state index contributed by atoms with van der Waals surface area (Å²) in [7, 11) is 0. The molecule has 3 rings (SSSR count). The first-order chi connectivity index (χ1) is 10.9. The number of piperazine rings is 1. The first-order valence-corrected chi connectivity index (χ1v) is 9.04. The summed E-state index contributed by atoms with van der Waals surface area (Å²) in [6.45, 7) is 5.77. The Morgan fingerprint density at radius 1 is 1.30 bits per heavy atom. The Labute approximate surface area is 140 Å². The molecule has 0 bridgehead atoms. The average molecular weight is 343 g/mol. The minimum absolute atomic E-state index is 0.154. The zero-order chi connectivity index (χ0) is 16.6. The van der Waals surface area contributed by atoms with Crippen LogP contribution in [0.2, 0.25) is 0 Å². The van der Waals surface area contributed by atoms with E-state index in [1.165, 1.54) is 6.92 Å². The lowest BCUT2D eigenvalue weighted by Crippen LogP contribution is -2.70. The van der Waals surface area contributed by atoms with E-state index >= 15 is 0 Å². The van der Waals surface area contributed by atoms with E-state index in [1.54, 1.807) is 16.7 Å². The highest BCUT2D eigenvalue weighted by Crippen LogP contribution is 2.39. The van der Waals surface area contributed by atoms with Crippen LogP contribution in [0.1, 0.15) is 6.92 Å². The van der Waals surface area contributed by atoms with Crippen molar-refractivity contribution in [3.8, 4) is 0 Å². The SMILES string of the molecule is C[C@@H](O)[C@H](N)C(=O)N1CC2(C1)N[C@H](C(=O)N1CCNCC1)CS2. The molecular formula is C14H25N5O3S. The Kier molecular flexibility index (Phi) is 4.84. The van der Waals surface area contributed by atoms with Crippen molar-refractivity contribution in [3.63, 3.8) is 0 Å². The van der Waals surface area contributed by atoms with Gasteiger partial charge in [-0.25, -0.2) is 0 Å². The first-order valence-electron chi connectivity index (χ1n) is 8.05. The third-order valence-electron chi connectivity index (χ3n) is 4.70. The number of nitrogens with two attached hydrogens (primary N) is 1. The highest BCUT2D eigenvalue weighted by atomic mass is 32.2. The first kappa shape index (κ1) is 17.0. The number of hydrogen-bond acceptors (Lipinski definition) is 7. The highest BCUT2D eigenvalue weighted by molar-refractivity contribution is 8.01. The minimum atomic E-state index is -0.878. The summed E-state index contributed by atoms with van der Waals surface area (Å²) in [4.78, 5) is 27.9. The lowest BCUT2D eigenvalue weighted by Gasteiger charge is -2.48.